The molecule has 0 bridgehead atoms. The Kier molecular flexibility index (Phi) is 6.52. The van der Waals surface area contributed by atoms with Gasteiger partial charge in [0, 0.05) is 6.42 Å². The zero-order valence-electron chi connectivity index (χ0n) is 11.3. The van der Waals surface area contributed by atoms with E-state index in [0.29, 0.717) is 6.42 Å². The number of aliphatic hydroxyl groups excluding tert-OH is 1. The van der Waals surface area contributed by atoms with Crippen LogP contribution in [0.2, 0.25) is 0 Å². The Labute approximate surface area is 117 Å². The number of amides is 1. The number of carbonyl (C=O) groups is 2. The van der Waals surface area contributed by atoms with Crippen LogP contribution in [0.25, 0.3) is 0 Å². The van der Waals surface area contributed by atoms with E-state index in [1.54, 1.807) is 19.1 Å². The number of hydrogen-bond donors (Lipinski definition) is 3. The summed E-state index contributed by atoms with van der Waals surface area (Å²) in [4.78, 5) is 22.5. The van der Waals surface area contributed by atoms with Crippen molar-refractivity contribution in [2.45, 2.75) is 38.5 Å². The molecule has 6 heteroatoms. The summed E-state index contributed by atoms with van der Waals surface area (Å²) in [6.45, 7) is 1.80. The first-order valence-electron chi connectivity index (χ1n) is 6.41. The highest BCUT2D eigenvalue weighted by Gasteiger charge is 2.23. The fourth-order valence-electron chi connectivity index (χ4n) is 1.57. The van der Waals surface area contributed by atoms with Gasteiger partial charge in [0.25, 0.3) is 0 Å². The van der Waals surface area contributed by atoms with Gasteiger partial charge in [0.2, 0.25) is 0 Å². The van der Waals surface area contributed by atoms with Crippen LogP contribution in [0.5, 0.6) is 0 Å². The summed E-state index contributed by atoms with van der Waals surface area (Å²) in [5.74, 6) is -1.20. The largest absolute Gasteiger partial charge is 0.480 e. The Hall–Kier alpha value is -2.08. The first-order chi connectivity index (χ1) is 9.52. The SMILES string of the molecule is CCC(O)CC(NC(=O)OCc1ccccc1)C(=O)O. The van der Waals surface area contributed by atoms with Crippen LogP contribution in [0, 0.1) is 0 Å². The average Bonchev–Trinajstić information content (AvgIpc) is 2.45. The van der Waals surface area contributed by atoms with Gasteiger partial charge in [0.05, 0.1) is 6.10 Å². The number of hydrogen-bond acceptors (Lipinski definition) is 4. The highest BCUT2D eigenvalue weighted by Crippen LogP contribution is 2.04. The molecule has 2 unspecified atom stereocenters. The van der Waals surface area contributed by atoms with Gasteiger partial charge in [-0.3, -0.25) is 0 Å². The van der Waals surface area contributed by atoms with Crippen molar-refractivity contribution in [2.75, 3.05) is 0 Å². The van der Waals surface area contributed by atoms with Crippen LogP contribution < -0.4 is 5.32 Å². The minimum Gasteiger partial charge on any atom is -0.480 e. The molecule has 3 N–H and O–H groups in total. The van der Waals surface area contributed by atoms with Crippen molar-refractivity contribution in [3.8, 4) is 0 Å². The monoisotopic (exact) mass is 281 g/mol. The first-order valence-corrected chi connectivity index (χ1v) is 6.41. The van der Waals surface area contributed by atoms with Crippen LogP contribution in [0.4, 0.5) is 4.79 Å². The van der Waals surface area contributed by atoms with E-state index in [9.17, 15) is 14.7 Å². The lowest BCUT2D eigenvalue weighted by Gasteiger charge is -2.17. The molecule has 1 aromatic carbocycles. The van der Waals surface area contributed by atoms with Gasteiger partial charge in [0.1, 0.15) is 12.6 Å². The first kappa shape index (κ1) is 16.0. The lowest BCUT2D eigenvalue weighted by molar-refractivity contribution is -0.140. The molecule has 1 amide bonds. The molecule has 1 aromatic rings. The standard InChI is InChI=1S/C14H19NO5/c1-2-11(16)8-12(13(17)18)15-14(19)20-9-10-6-4-3-5-7-10/h3-7,11-12,16H,2,8-9H2,1H3,(H,15,19)(H,17,18). The molecule has 110 valence electrons. The van der Waals surface area contributed by atoms with E-state index in [4.69, 9.17) is 9.84 Å². The van der Waals surface area contributed by atoms with Crippen LogP contribution >= 0.6 is 0 Å². The zero-order chi connectivity index (χ0) is 15.0. The second-order valence-corrected chi connectivity index (χ2v) is 4.39. The molecule has 0 aliphatic carbocycles. The summed E-state index contributed by atoms with van der Waals surface area (Å²) >= 11 is 0. The van der Waals surface area contributed by atoms with Crippen molar-refractivity contribution in [1.29, 1.82) is 0 Å². The number of rotatable bonds is 7. The van der Waals surface area contributed by atoms with Gasteiger partial charge in [0.15, 0.2) is 0 Å². The molecule has 0 fully saturated rings. The van der Waals surface area contributed by atoms with Crippen LogP contribution in [-0.4, -0.2) is 34.4 Å². The molecular formula is C14H19NO5. The van der Waals surface area contributed by atoms with Crippen molar-refractivity contribution in [3.05, 3.63) is 35.9 Å². The second-order valence-electron chi connectivity index (χ2n) is 4.39. The van der Waals surface area contributed by atoms with Gasteiger partial charge >= 0.3 is 12.1 Å². The van der Waals surface area contributed by atoms with Gasteiger partial charge in [-0.25, -0.2) is 9.59 Å². The van der Waals surface area contributed by atoms with Crippen LogP contribution in [0.1, 0.15) is 25.3 Å². The predicted octanol–water partition coefficient (Wildman–Crippen LogP) is 1.53. The highest BCUT2D eigenvalue weighted by atomic mass is 16.5. The van der Waals surface area contributed by atoms with E-state index in [0.717, 1.165) is 5.56 Å². The van der Waals surface area contributed by atoms with Gasteiger partial charge in [-0.1, -0.05) is 37.3 Å². The Bertz CT molecular complexity index is 434. The van der Waals surface area contributed by atoms with Gasteiger partial charge in [-0.2, -0.15) is 0 Å². The number of alkyl carbamates (subject to hydrolysis) is 1. The summed E-state index contributed by atoms with van der Waals surface area (Å²) in [5, 5.41) is 20.6. The maximum atomic E-state index is 11.5. The lowest BCUT2D eigenvalue weighted by atomic mass is 10.1. The number of carboxylic acid groups (broad SMARTS) is 1. The van der Waals surface area contributed by atoms with Crippen LogP contribution in [0.15, 0.2) is 30.3 Å². The lowest BCUT2D eigenvalue weighted by Crippen LogP contribution is -2.43. The Balaban J connectivity index is 2.44. The predicted molar refractivity (Wildman–Crippen MR) is 72.1 cm³/mol. The topological polar surface area (TPSA) is 95.9 Å². The molecule has 0 aliphatic rings. The van der Waals surface area contributed by atoms with Crippen LogP contribution in [-0.2, 0) is 16.1 Å². The van der Waals surface area contributed by atoms with Crippen molar-refractivity contribution in [1.82, 2.24) is 5.32 Å². The fourth-order valence-corrected chi connectivity index (χ4v) is 1.57. The average molecular weight is 281 g/mol. The van der Waals surface area contributed by atoms with Gasteiger partial charge < -0.3 is 20.3 Å². The summed E-state index contributed by atoms with van der Waals surface area (Å²) in [6.07, 6.45) is -1.22. The number of benzene rings is 1. The third kappa shape index (κ3) is 5.71. The molecule has 0 heterocycles. The number of carboxylic acids is 1. The molecule has 0 spiro atoms. The molecular weight excluding hydrogens is 262 g/mol. The fraction of sp³-hybridized carbons (Fsp3) is 0.429. The smallest absolute Gasteiger partial charge is 0.408 e. The number of aliphatic hydroxyl groups is 1. The summed E-state index contributed by atoms with van der Waals surface area (Å²) in [7, 11) is 0. The maximum Gasteiger partial charge on any atom is 0.408 e. The molecule has 2 atom stereocenters. The minimum atomic E-state index is -1.20. The normalized spacial score (nSPS) is 13.3. The molecule has 6 nitrogen and oxygen atoms in total. The van der Waals surface area contributed by atoms with Crippen molar-refractivity contribution >= 4 is 12.1 Å². The van der Waals surface area contributed by atoms with E-state index in [2.05, 4.69) is 5.32 Å². The molecule has 0 saturated carbocycles. The maximum absolute atomic E-state index is 11.5. The van der Waals surface area contributed by atoms with Crippen molar-refractivity contribution < 1.29 is 24.5 Å². The van der Waals surface area contributed by atoms with E-state index in [1.807, 2.05) is 18.2 Å². The molecule has 0 saturated heterocycles. The van der Waals surface area contributed by atoms with E-state index in [-0.39, 0.29) is 13.0 Å². The Morgan fingerprint density at radius 2 is 1.95 bits per heavy atom. The molecule has 1 rings (SSSR count). The Morgan fingerprint density at radius 1 is 1.30 bits per heavy atom. The number of nitrogens with one attached hydrogen (secondary N) is 1. The quantitative estimate of drug-likeness (QED) is 0.704. The number of ether oxygens (including phenoxy) is 1. The van der Waals surface area contributed by atoms with Gasteiger partial charge in [-0.15, -0.1) is 0 Å². The second kappa shape index (κ2) is 8.16. The van der Waals surface area contributed by atoms with E-state index >= 15 is 0 Å². The van der Waals surface area contributed by atoms with E-state index < -0.39 is 24.2 Å². The summed E-state index contributed by atoms with van der Waals surface area (Å²) < 4.78 is 4.93. The van der Waals surface area contributed by atoms with Gasteiger partial charge in [-0.05, 0) is 12.0 Å². The third-order valence-electron chi connectivity index (χ3n) is 2.78. The number of carbonyl (C=O) groups excluding carboxylic acids is 1. The summed E-state index contributed by atoms with van der Waals surface area (Å²) in [5.41, 5.74) is 0.808. The van der Waals surface area contributed by atoms with E-state index in [1.165, 1.54) is 0 Å². The third-order valence-corrected chi connectivity index (χ3v) is 2.78. The van der Waals surface area contributed by atoms with Crippen molar-refractivity contribution in [3.63, 3.8) is 0 Å². The Morgan fingerprint density at radius 3 is 2.50 bits per heavy atom. The molecule has 0 aromatic heterocycles. The summed E-state index contributed by atoms with van der Waals surface area (Å²) in [6, 6.07) is 7.90. The number of aliphatic carboxylic acids is 1. The molecule has 0 aliphatic heterocycles. The van der Waals surface area contributed by atoms with Crippen molar-refractivity contribution in [2.24, 2.45) is 0 Å². The minimum absolute atomic E-state index is 0.0493. The molecule has 0 radical (unpaired) electrons. The zero-order valence-corrected chi connectivity index (χ0v) is 11.3. The highest BCUT2D eigenvalue weighted by molar-refractivity contribution is 5.79. The molecule has 20 heavy (non-hydrogen) atoms. The van der Waals surface area contributed by atoms with Crippen LogP contribution in [0.3, 0.4) is 0 Å².